The van der Waals surface area contributed by atoms with E-state index in [4.69, 9.17) is 4.74 Å². The van der Waals surface area contributed by atoms with E-state index in [0.717, 1.165) is 30.1 Å². The second-order valence-electron chi connectivity index (χ2n) is 7.99. The van der Waals surface area contributed by atoms with Crippen LogP contribution in [-0.4, -0.2) is 82.0 Å². The number of carbonyl (C=O) groups excluding carboxylic acids is 1. The van der Waals surface area contributed by atoms with Crippen LogP contribution in [0.1, 0.15) is 11.6 Å². The first kappa shape index (κ1) is 21.6. The normalized spacial score (nSPS) is 20.3. The Labute approximate surface area is 184 Å². The van der Waals surface area contributed by atoms with Crippen LogP contribution >= 0.6 is 0 Å². The molecule has 0 radical (unpaired) electrons. The van der Waals surface area contributed by atoms with Crippen molar-refractivity contribution in [3.63, 3.8) is 0 Å². The molecule has 0 bridgehead atoms. The standard InChI is InChI=1S/C23H29N3O4S/c1-30-21-10-6-5-9-20(21)24-11-13-26(14-12-24)23(27)22(19-7-3-2-4-8-19)25-15-17-31(28,29)18-16-25/h2-10,22H,11-18H2,1H3. The van der Waals surface area contributed by atoms with Crippen LogP contribution in [0.15, 0.2) is 54.6 Å². The Morgan fingerprint density at radius 3 is 2.13 bits per heavy atom. The molecule has 31 heavy (non-hydrogen) atoms. The number of carbonyl (C=O) groups is 1. The third-order valence-corrected chi connectivity index (χ3v) is 7.72. The number of rotatable bonds is 5. The van der Waals surface area contributed by atoms with Crippen LogP contribution in [0, 0.1) is 0 Å². The molecule has 2 aliphatic heterocycles. The fourth-order valence-corrected chi connectivity index (χ4v) is 5.59. The lowest BCUT2D eigenvalue weighted by atomic mass is 10.0. The minimum absolute atomic E-state index is 0.0465. The molecule has 2 aliphatic rings. The molecule has 0 saturated carbocycles. The number of hydrogen-bond acceptors (Lipinski definition) is 6. The Morgan fingerprint density at radius 2 is 1.48 bits per heavy atom. The van der Waals surface area contributed by atoms with Gasteiger partial charge in [-0.15, -0.1) is 0 Å². The van der Waals surface area contributed by atoms with Gasteiger partial charge in [-0.25, -0.2) is 8.42 Å². The molecule has 4 rings (SSSR count). The maximum absolute atomic E-state index is 13.6. The largest absolute Gasteiger partial charge is 0.495 e. The van der Waals surface area contributed by atoms with Gasteiger partial charge in [-0.1, -0.05) is 42.5 Å². The van der Waals surface area contributed by atoms with Crippen molar-refractivity contribution in [2.45, 2.75) is 6.04 Å². The van der Waals surface area contributed by atoms with Crippen LogP contribution in [0.5, 0.6) is 5.75 Å². The molecule has 2 heterocycles. The van der Waals surface area contributed by atoms with Crippen molar-refractivity contribution >= 4 is 21.4 Å². The van der Waals surface area contributed by atoms with Crippen molar-refractivity contribution in [2.24, 2.45) is 0 Å². The lowest BCUT2D eigenvalue weighted by Crippen LogP contribution is -2.54. The van der Waals surface area contributed by atoms with Gasteiger partial charge in [0.15, 0.2) is 9.84 Å². The summed E-state index contributed by atoms with van der Waals surface area (Å²) in [5.74, 6) is 1.08. The van der Waals surface area contributed by atoms with Crippen LogP contribution in [0.2, 0.25) is 0 Å². The van der Waals surface area contributed by atoms with Gasteiger partial charge in [-0.2, -0.15) is 0 Å². The maximum atomic E-state index is 13.6. The van der Waals surface area contributed by atoms with E-state index in [9.17, 15) is 13.2 Å². The number of anilines is 1. The third-order valence-electron chi connectivity index (χ3n) is 6.11. The average Bonchev–Trinajstić information content (AvgIpc) is 2.81. The van der Waals surface area contributed by atoms with Crippen molar-refractivity contribution in [1.82, 2.24) is 9.80 Å². The van der Waals surface area contributed by atoms with Gasteiger partial charge in [-0.05, 0) is 17.7 Å². The molecular weight excluding hydrogens is 414 g/mol. The summed E-state index contributed by atoms with van der Waals surface area (Å²) in [6, 6.07) is 17.2. The van der Waals surface area contributed by atoms with E-state index in [2.05, 4.69) is 4.90 Å². The van der Waals surface area contributed by atoms with E-state index >= 15 is 0 Å². The Hall–Kier alpha value is -2.58. The fraction of sp³-hybridized carbons (Fsp3) is 0.435. The molecule has 8 heteroatoms. The first-order valence-corrected chi connectivity index (χ1v) is 12.5. The van der Waals surface area contributed by atoms with Gasteiger partial charge in [-0.3, -0.25) is 9.69 Å². The van der Waals surface area contributed by atoms with Gasteiger partial charge in [0.1, 0.15) is 11.8 Å². The molecule has 1 amide bonds. The first-order valence-electron chi connectivity index (χ1n) is 10.6. The molecule has 0 aromatic heterocycles. The molecule has 2 aromatic carbocycles. The maximum Gasteiger partial charge on any atom is 0.244 e. The van der Waals surface area contributed by atoms with Crippen molar-refractivity contribution in [2.75, 3.05) is 62.8 Å². The summed E-state index contributed by atoms with van der Waals surface area (Å²) in [6.07, 6.45) is 0. The quantitative estimate of drug-likeness (QED) is 0.702. The van der Waals surface area contributed by atoms with Crippen LogP contribution in [0.4, 0.5) is 5.69 Å². The van der Waals surface area contributed by atoms with Crippen molar-refractivity contribution in [3.05, 3.63) is 60.2 Å². The van der Waals surface area contributed by atoms with Gasteiger partial charge in [0.05, 0.1) is 24.3 Å². The van der Waals surface area contributed by atoms with E-state index in [1.165, 1.54) is 0 Å². The Kier molecular flexibility index (Phi) is 6.48. The summed E-state index contributed by atoms with van der Waals surface area (Å²) >= 11 is 0. The van der Waals surface area contributed by atoms with Crippen molar-refractivity contribution in [3.8, 4) is 5.75 Å². The van der Waals surface area contributed by atoms with Crippen LogP contribution < -0.4 is 9.64 Å². The van der Waals surface area contributed by atoms with Crippen LogP contribution in [0.3, 0.4) is 0 Å². The van der Waals surface area contributed by atoms with Gasteiger partial charge in [0.25, 0.3) is 0 Å². The van der Waals surface area contributed by atoms with Gasteiger partial charge in [0.2, 0.25) is 5.91 Å². The number of para-hydroxylation sites is 2. The molecular formula is C23H29N3O4S. The van der Waals surface area contributed by atoms with E-state index in [0.29, 0.717) is 26.2 Å². The summed E-state index contributed by atoms with van der Waals surface area (Å²) in [5, 5.41) is 0. The number of nitrogens with zero attached hydrogens (tertiary/aromatic N) is 3. The zero-order valence-corrected chi connectivity index (χ0v) is 18.6. The van der Waals surface area contributed by atoms with Crippen LogP contribution in [-0.2, 0) is 14.6 Å². The molecule has 1 unspecified atom stereocenters. The Bertz CT molecular complexity index is 990. The van der Waals surface area contributed by atoms with Crippen molar-refractivity contribution < 1.29 is 17.9 Å². The molecule has 0 aliphatic carbocycles. The minimum Gasteiger partial charge on any atom is -0.495 e. The first-order chi connectivity index (χ1) is 15.0. The van der Waals surface area contributed by atoms with E-state index in [1.807, 2.05) is 64.4 Å². The van der Waals surface area contributed by atoms with Crippen LogP contribution in [0.25, 0.3) is 0 Å². The minimum atomic E-state index is -3.01. The molecule has 2 fully saturated rings. The molecule has 166 valence electrons. The SMILES string of the molecule is COc1ccccc1N1CCN(C(=O)C(c2ccccc2)N2CCS(=O)(=O)CC2)CC1. The molecule has 0 spiro atoms. The number of piperazine rings is 1. The van der Waals surface area contributed by atoms with Gasteiger partial charge in [0, 0.05) is 39.3 Å². The summed E-state index contributed by atoms with van der Waals surface area (Å²) < 4.78 is 29.3. The Morgan fingerprint density at radius 1 is 0.871 bits per heavy atom. The number of amides is 1. The molecule has 2 aromatic rings. The predicted octanol–water partition coefficient (Wildman–Crippen LogP) is 1.82. The van der Waals surface area contributed by atoms with E-state index < -0.39 is 15.9 Å². The highest BCUT2D eigenvalue weighted by Gasteiger charge is 2.36. The van der Waals surface area contributed by atoms with E-state index in [1.54, 1.807) is 7.11 Å². The number of ether oxygens (including phenoxy) is 1. The molecule has 7 nitrogen and oxygen atoms in total. The highest BCUT2D eigenvalue weighted by Crippen LogP contribution is 2.30. The Balaban J connectivity index is 1.49. The van der Waals surface area contributed by atoms with Gasteiger partial charge < -0.3 is 14.5 Å². The lowest BCUT2D eigenvalue weighted by Gasteiger charge is -2.41. The smallest absolute Gasteiger partial charge is 0.244 e. The average molecular weight is 444 g/mol. The zero-order chi connectivity index (χ0) is 21.8. The number of benzene rings is 2. The highest BCUT2D eigenvalue weighted by atomic mass is 32.2. The monoisotopic (exact) mass is 443 g/mol. The summed E-state index contributed by atoms with van der Waals surface area (Å²) in [6.45, 7) is 3.45. The zero-order valence-electron chi connectivity index (χ0n) is 17.8. The number of methoxy groups -OCH3 is 1. The highest BCUT2D eigenvalue weighted by molar-refractivity contribution is 7.91. The number of sulfone groups is 1. The van der Waals surface area contributed by atoms with E-state index in [-0.39, 0.29) is 17.4 Å². The van der Waals surface area contributed by atoms with Crippen molar-refractivity contribution in [1.29, 1.82) is 0 Å². The summed E-state index contributed by atoms with van der Waals surface area (Å²) in [7, 11) is -1.34. The molecule has 0 N–H and O–H groups in total. The lowest BCUT2D eigenvalue weighted by molar-refractivity contribution is -0.137. The molecule has 2 saturated heterocycles. The fourth-order valence-electron chi connectivity index (χ4n) is 4.36. The van der Waals surface area contributed by atoms with Gasteiger partial charge >= 0.3 is 0 Å². The number of hydrogen-bond donors (Lipinski definition) is 0. The summed E-state index contributed by atoms with van der Waals surface area (Å²) in [5.41, 5.74) is 1.96. The second kappa shape index (κ2) is 9.28. The second-order valence-corrected chi connectivity index (χ2v) is 10.3. The summed E-state index contributed by atoms with van der Waals surface area (Å²) in [4.78, 5) is 19.8. The predicted molar refractivity (Wildman–Crippen MR) is 121 cm³/mol. The third kappa shape index (κ3) is 4.85. The molecule has 1 atom stereocenters. The topological polar surface area (TPSA) is 70.2 Å².